The summed E-state index contributed by atoms with van der Waals surface area (Å²) in [5, 5.41) is 19.2. The lowest BCUT2D eigenvalue weighted by Gasteiger charge is -2.45. The first kappa shape index (κ1) is 24.0. The van der Waals surface area contributed by atoms with Crippen molar-refractivity contribution in [1.82, 2.24) is 4.90 Å². The standard InChI is InChI=1S/C26H37N3O4/c1-17(2)24-14-28(7-8-29(24)25(31)16-32-10-9-30)23-11-19(18-5-6-18)22-15-33-26(3,4)12-20(22)21(23)13-27/h11,17-18,24,30H,5-10,12,14-16H2,1-4H3/t24-/m0/s1. The molecule has 0 radical (unpaired) electrons. The van der Waals surface area contributed by atoms with Gasteiger partial charge in [-0.3, -0.25) is 4.79 Å². The largest absolute Gasteiger partial charge is 0.394 e. The molecule has 1 aromatic rings. The van der Waals surface area contributed by atoms with E-state index in [4.69, 9.17) is 14.6 Å². The number of nitriles is 1. The van der Waals surface area contributed by atoms with Gasteiger partial charge in [0.15, 0.2) is 0 Å². The van der Waals surface area contributed by atoms with Crippen LogP contribution in [0.5, 0.6) is 0 Å². The molecule has 1 atom stereocenters. The fourth-order valence-corrected chi connectivity index (χ4v) is 5.24. The molecule has 2 fully saturated rings. The zero-order valence-corrected chi connectivity index (χ0v) is 20.4. The Hall–Kier alpha value is -2.14. The van der Waals surface area contributed by atoms with Crippen LogP contribution in [0.3, 0.4) is 0 Å². The van der Waals surface area contributed by atoms with E-state index in [1.165, 1.54) is 24.0 Å². The first-order chi connectivity index (χ1) is 15.8. The SMILES string of the molecule is CC(C)[C@@H]1CN(c2cc(C3CC3)c3c(c2C#N)CC(C)(C)OC3)CCN1C(=O)COCCO. The molecule has 180 valence electrons. The number of fused-ring (bicyclic) bond motifs is 1. The Morgan fingerprint density at radius 3 is 2.73 bits per heavy atom. The number of hydrogen-bond donors (Lipinski definition) is 1. The van der Waals surface area contributed by atoms with Crippen molar-refractivity contribution in [2.45, 2.75) is 71.1 Å². The van der Waals surface area contributed by atoms with E-state index in [1.807, 2.05) is 4.90 Å². The van der Waals surface area contributed by atoms with E-state index in [0.29, 0.717) is 32.2 Å². The van der Waals surface area contributed by atoms with Gasteiger partial charge in [0.25, 0.3) is 0 Å². The lowest BCUT2D eigenvalue weighted by molar-refractivity contribution is -0.140. The molecule has 7 nitrogen and oxygen atoms in total. The predicted molar refractivity (Wildman–Crippen MR) is 126 cm³/mol. The second-order valence-corrected chi connectivity index (χ2v) is 10.5. The number of carbonyl (C=O) groups excluding carboxylic acids is 1. The first-order valence-corrected chi connectivity index (χ1v) is 12.2. The minimum absolute atomic E-state index is 0.00696. The van der Waals surface area contributed by atoms with E-state index in [1.54, 1.807) is 0 Å². The van der Waals surface area contributed by atoms with Gasteiger partial charge in [-0.1, -0.05) is 13.8 Å². The number of amides is 1. The van der Waals surface area contributed by atoms with Crippen molar-refractivity contribution in [3.8, 4) is 6.07 Å². The van der Waals surface area contributed by atoms with Gasteiger partial charge in [0, 0.05) is 26.1 Å². The topological polar surface area (TPSA) is 86.0 Å². The van der Waals surface area contributed by atoms with Crippen LogP contribution in [0.25, 0.3) is 0 Å². The Labute approximate surface area is 197 Å². The maximum Gasteiger partial charge on any atom is 0.248 e. The summed E-state index contributed by atoms with van der Waals surface area (Å²) in [6.45, 7) is 11.1. The van der Waals surface area contributed by atoms with Gasteiger partial charge < -0.3 is 24.4 Å². The summed E-state index contributed by atoms with van der Waals surface area (Å²) >= 11 is 0. The molecular formula is C26H37N3O4. The fourth-order valence-electron chi connectivity index (χ4n) is 5.24. The summed E-state index contributed by atoms with van der Waals surface area (Å²) in [5.41, 5.74) is 5.26. The van der Waals surface area contributed by atoms with Crippen LogP contribution in [0.1, 0.15) is 68.7 Å². The van der Waals surface area contributed by atoms with Gasteiger partial charge in [-0.2, -0.15) is 5.26 Å². The van der Waals surface area contributed by atoms with Gasteiger partial charge in [0.1, 0.15) is 12.7 Å². The third-order valence-corrected chi connectivity index (χ3v) is 7.21. The third kappa shape index (κ3) is 5.03. The van der Waals surface area contributed by atoms with Crippen LogP contribution in [-0.4, -0.2) is 67.0 Å². The van der Waals surface area contributed by atoms with Crippen LogP contribution in [0.15, 0.2) is 6.07 Å². The molecule has 33 heavy (non-hydrogen) atoms. The number of hydrogen-bond acceptors (Lipinski definition) is 6. The van der Waals surface area contributed by atoms with Crippen molar-refractivity contribution in [3.63, 3.8) is 0 Å². The lowest BCUT2D eigenvalue weighted by Crippen LogP contribution is -2.58. The number of piperazine rings is 1. The van der Waals surface area contributed by atoms with Crippen LogP contribution >= 0.6 is 0 Å². The quantitative estimate of drug-likeness (QED) is 0.636. The van der Waals surface area contributed by atoms with E-state index >= 15 is 0 Å². The van der Waals surface area contributed by atoms with Crippen molar-refractivity contribution in [1.29, 1.82) is 5.26 Å². The van der Waals surface area contributed by atoms with Crippen LogP contribution in [0.2, 0.25) is 0 Å². The minimum atomic E-state index is -0.280. The molecule has 0 bridgehead atoms. The summed E-state index contributed by atoms with van der Waals surface area (Å²) in [6.07, 6.45) is 3.14. The van der Waals surface area contributed by atoms with Crippen LogP contribution < -0.4 is 4.90 Å². The molecule has 7 heteroatoms. The van der Waals surface area contributed by atoms with Gasteiger partial charge in [-0.05, 0) is 61.3 Å². The highest BCUT2D eigenvalue weighted by molar-refractivity contribution is 5.78. The van der Waals surface area contributed by atoms with E-state index in [0.717, 1.165) is 23.2 Å². The van der Waals surface area contributed by atoms with E-state index < -0.39 is 0 Å². The summed E-state index contributed by atoms with van der Waals surface area (Å²) < 4.78 is 11.4. The first-order valence-electron chi connectivity index (χ1n) is 12.2. The smallest absolute Gasteiger partial charge is 0.248 e. The molecule has 2 heterocycles. The Morgan fingerprint density at radius 1 is 1.33 bits per heavy atom. The fraction of sp³-hybridized carbons (Fsp3) is 0.692. The van der Waals surface area contributed by atoms with Gasteiger partial charge in [-0.25, -0.2) is 0 Å². The normalized spacial score (nSPS) is 22.3. The number of aliphatic hydroxyl groups is 1. The molecular weight excluding hydrogens is 418 g/mol. The molecule has 1 aliphatic carbocycles. The van der Waals surface area contributed by atoms with E-state index in [9.17, 15) is 10.1 Å². The Morgan fingerprint density at radius 2 is 2.09 bits per heavy atom. The molecule has 0 aromatic heterocycles. The van der Waals surface area contributed by atoms with Crippen LogP contribution in [0.4, 0.5) is 5.69 Å². The molecule has 2 aliphatic heterocycles. The number of anilines is 1. The van der Waals surface area contributed by atoms with Gasteiger partial charge in [0.2, 0.25) is 5.91 Å². The highest BCUT2D eigenvalue weighted by atomic mass is 16.5. The number of rotatable bonds is 7. The minimum Gasteiger partial charge on any atom is -0.394 e. The molecule has 1 saturated heterocycles. The van der Waals surface area contributed by atoms with Crippen LogP contribution in [0, 0.1) is 17.2 Å². The number of aliphatic hydroxyl groups excluding tert-OH is 1. The third-order valence-electron chi connectivity index (χ3n) is 7.21. The van der Waals surface area contributed by atoms with Crippen molar-refractivity contribution in [2.24, 2.45) is 5.92 Å². The number of benzene rings is 1. The van der Waals surface area contributed by atoms with Gasteiger partial charge in [0.05, 0.1) is 42.7 Å². The molecule has 4 rings (SSSR count). The Kier molecular flexibility index (Phi) is 6.99. The van der Waals surface area contributed by atoms with Gasteiger partial charge >= 0.3 is 0 Å². The average molecular weight is 456 g/mol. The number of ether oxygens (including phenoxy) is 2. The second-order valence-electron chi connectivity index (χ2n) is 10.5. The zero-order valence-electron chi connectivity index (χ0n) is 20.4. The molecule has 3 aliphatic rings. The molecule has 0 unspecified atom stereocenters. The van der Waals surface area contributed by atoms with Crippen molar-refractivity contribution < 1.29 is 19.4 Å². The van der Waals surface area contributed by atoms with Gasteiger partial charge in [-0.15, -0.1) is 0 Å². The monoisotopic (exact) mass is 455 g/mol. The highest BCUT2D eigenvalue weighted by Crippen LogP contribution is 2.47. The Bertz CT molecular complexity index is 932. The average Bonchev–Trinajstić information content (AvgIpc) is 3.62. The highest BCUT2D eigenvalue weighted by Gasteiger charge is 2.38. The molecule has 1 saturated carbocycles. The molecule has 0 spiro atoms. The van der Waals surface area contributed by atoms with Crippen LogP contribution in [-0.2, 0) is 27.3 Å². The summed E-state index contributed by atoms with van der Waals surface area (Å²) in [5.74, 6) is 0.806. The second kappa shape index (κ2) is 9.61. The van der Waals surface area contributed by atoms with E-state index in [2.05, 4.69) is 44.7 Å². The maximum atomic E-state index is 12.8. The van der Waals surface area contributed by atoms with E-state index in [-0.39, 0.29) is 43.3 Å². The van der Waals surface area contributed by atoms with Crippen molar-refractivity contribution in [3.05, 3.63) is 28.3 Å². The molecule has 1 aromatic carbocycles. The molecule has 1 N–H and O–H groups in total. The van der Waals surface area contributed by atoms with Crippen molar-refractivity contribution in [2.75, 3.05) is 44.4 Å². The van der Waals surface area contributed by atoms with Crippen molar-refractivity contribution >= 4 is 11.6 Å². The summed E-state index contributed by atoms with van der Waals surface area (Å²) in [6, 6.07) is 4.82. The predicted octanol–water partition coefficient (Wildman–Crippen LogP) is 2.97. The zero-order chi connectivity index (χ0) is 23.8. The summed E-state index contributed by atoms with van der Waals surface area (Å²) in [7, 11) is 0. The molecule has 1 amide bonds. The summed E-state index contributed by atoms with van der Waals surface area (Å²) in [4.78, 5) is 17.0. The number of carbonyl (C=O) groups is 1. The lowest BCUT2D eigenvalue weighted by atomic mass is 9.83. The Balaban J connectivity index is 1.65. The maximum absolute atomic E-state index is 12.8. The number of nitrogens with zero attached hydrogens (tertiary/aromatic N) is 3.